The Labute approximate surface area is 127 Å². The Morgan fingerprint density at radius 3 is 2.71 bits per heavy atom. The van der Waals surface area contributed by atoms with Crippen LogP contribution in [0.1, 0.15) is 21.9 Å². The van der Waals surface area contributed by atoms with Gasteiger partial charge in [-0.1, -0.05) is 6.07 Å². The van der Waals surface area contributed by atoms with Crippen molar-refractivity contribution in [2.45, 2.75) is 19.3 Å². The molecule has 21 heavy (non-hydrogen) atoms. The van der Waals surface area contributed by atoms with Gasteiger partial charge in [0, 0.05) is 17.5 Å². The van der Waals surface area contributed by atoms with E-state index in [2.05, 4.69) is 4.98 Å². The zero-order valence-corrected chi connectivity index (χ0v) is 12.8. The minimum atomic E-state index is -0.787. The van der Waals surface area contributed by atoms with Gasteiger partial charge in [0.25, 0.3) is 0 Å². The van der Waals surface area contributed by atoms with E-state index in [-0.39, 0.29) is 6.42 Å². The summed E-state index contributed by atoms with van der Waals surface area (Å²) in [5, 5.41) is 9.64. The third-order valence-electron chi connectivity index (χ3n) is 2.99. The number of benzene rings is 1. The summed E-state index contributed by atoms with van der Waals surface area (Å²) >= 11 is 1.55. The molecule has 6 heteroatoms. The first-order valence-electron chi connectivity index (χ1n) is 6.48. The number of nitrogens with zero attached hydrogens (tertiary/aromatic N) is 1. The Bertz CT molecular complexity index is 624. The van der Waals surface area contributed by atoms with Crippen molar-refractivity contribution in [3.8, 4) is 11.5 Å². The number of aliphatic carboxylic acids is 1. The van der Waals surface area contributed by atoms with E-state index in [0.29, 0.717) is 24.3 Å². The second kappa shape index (κ2) is 7.08. The monoisotopic (exact) mass is 307 g/mol. The van der Waals surface area contributed by atoms with E-state index in [0.717, 1.165) is 15.4 Å². The van der Waals surface area contributed by atoms with E-state index in [1.807, 2.05) is 18.2 Å². The lowest BCUT2D eigenvalue weighted by molar-refractivity contribution is -0.136. The highest BCUT2D eigenvalue weighted by Gasteiger charge is 2.08. The number of carbonyl (C=O) groups is 1. The predicted molar refractivity (Wildman–Crippen MR) is 80.4 cm³/mol. The fourth-order valence-electron chi connectivity index (χ4n) is 1.94. The lowest BCUT2D eigenvalue weighted by Crippen LogP contribution is -1.95. The van der Waals surface area contributed by atoms with Crippen LogP contribution in [0.25, 0.3) is 0 Å². The number of carboxylic acids is 1. The van der Waals surface area contributed by atoms with Gasteiger partial charge in [-0.05, 0) is 24.1 Å². The lowest BCUT2D eigenvalue weighted by Gasteiger charge is -2.08. The molecule has 1 heterocycles. The summed E-state index contributed by atoms with van der Waals surface area (Å²) in [7, 11) is 3.21. The summed E-state index contributed by atoms with van der Waals surface area (Å²) in [6.07, 6.45) is 3.11. The van der Waals surface area contributed by atoms with Crippen LogP contribution in [0.3, 0.4) is 0 Å². The van der Waals surface area contributed by atoms with Crippen molar-refractivity contribution < 1.29 is 19.4 Å². The molecular formula is C15H17NO4S. The van der Waals surface area contributed by atoms with E-state index < -0.39 is 5.97 Å². The van der Waals surface area contributed by atoms with E-state index in [9.17, 15) is 4.79 Å². The maximum Gasteiger partial charge on any atom is 0.303 e. The highest BCUT2D eigenvalue weighted by molar-refractivity contribution is 7.11. The van der Waals surface area contributed by atoms with E-state index >= 15 is 0 Å². The highest BCUT2D eigenvalue weighted by Crippen LogP contribution is 2.29. The normalized spacial score (nSPS) is 10.4. The van der Waals surface area contributed by atoms with E-state index in [1.54, 1.807) is 31.8 Å². The van der Waals surface area contributed by atoms with Crippen molar-refractivity contribution in [2.24, 2.45) is 0 Å². The maximum atomic E-state index is 10.6. The fraction of sp³-hybridized carbons (Fsp3) is 0.333. The second-order valence-electron chi connectivity index (χ2n) is 4.48. The molecule has 5 nitrogen and oxygen atoms in total. The molecule has 0 saturated carbocycles. The summed E-state index contributed by atoms with van der Waals surface area (Å²) in [5.41, 5.74) is 1.08. The summed E-state index contributed by atoms with van der Waals surface area (Å²) in [6.45, 7) is 0. The van der Waals surface area contributed by atoms with Gasteiger partial charge in [0.15, 0.2) is 11.5 Å². The smallest absolute Gasteiger partial charge is 0.303 e. The van der Waals surface area contributed by atoms with Crippen molar-refractivity contribution in [2.75, 3.05) is 14.2 Å². The van der Waals surface area contributed by atoms with Crippen molar-refractivity contribution in [1.29, 1.82) is 0 Å². The van der Waals surface area contributed by atoms with Crippen LogP contribution in [0, 0.1) is 0 Å². The molecule has 0 amide bonds. The van der Waals surface area contributed by atoms with Crippen LogP contribution in [0.15, 0.2) is 24.4 Å². The molecule has 0 aliphatic rings. The first kappa shape index (κ1) is 15.3. The van der Waals surface area contributed by atoms with Crippen LogP contribution in [0.5, 0.6) is 11.5 Å². The van der Waals surface area contributed by atoms with Crippen molar-refractivity contribution in [1.82, 2.24) is 4.98 Å². The summed E-state index contributed by atoms with van der Waals surface area (Å²) in [6, 6.07) is 5.77. The van der Waals surface area contributed by atoms with Crippen LogP contribution in [0.2, 0.25) is 0 Å². The molecule has 112 valence electrons. The first-order valence-corrected chi connectivity index (χ1v) is 7.30. The standard InChI is InChI=1S/C15H17NO4S/c1-19-12-5-3-10(7-13(12)20-2)8-14-16-9-11(21-14)4-6-15(17)18/h3,5,7,9H,4,6,8H2,1-2H3,(H,17,18). The Morgan fingerprint density at radius 1 is 1.29 bits per heavy atom. The molecule has 0 fully saturated rings. The topological polar surface area (TPSA) is 68.7 Å². The molecule has 0 saturated heterocycles. The minimum Gasteiger partial charge on any atom is -0.493 e. The molecule has 0 spiro atoms. The number of ether oxygens (including phenoxy) is 2. The van der Waals surface area contributed by atoms with Crippen LogP contribution in [-0.4, -0.2) is 30.3 Å². The van der Waals surface area contributed by atoms with Crippen LogP contribution in [-0.2, 0) is 17.6 Å². The number of carboxylic acid groups (broad SMARTS) is 1. The number of methoxy groups -OCH3 is 2. The molecule has 2 aromatic rings. The van der Waals surface area contributed by atoms with Gasteiger partial charge in [-0.15, -0.1) is 11.3 Å². The quantitative estimate of drug-likeness (QED) is 0.852. The van der Waals surface area contributed by atoms with Crippen LogP contribution >= 0.6 is 11.3 Å². The average Bonchev–Trinajstić information content (AvgIpc) is 2.92. The second-order valence-corrected chi connectivity index (χ2v) is 5.68. The molecular weight excluding hydrogens is 290 g/mol. The highest BCUT2D eigenvalue weighted by atomic mass is 32.1. The van der Waals surface area contributed by atoms with Crippen molar-refractivity contribution in [3.05, 3.63) is 39.8 Å². The summed E-state index contributed by atoms with van der Waals surface area (Å²) < 4.78 is 10.5. The number of thiazole rings is 1. The molecule has 0 unspecified atom stereocenters. The number of rotatable bonds is 7. The Kier molecular flexibility index (Phi) is 5.16. The SMILES string of the molecule is COc1ccc(Cc2ncc(CCC(=O)O)s2)cc1OC. The largest absolute Gasteiger partial charge is 0.493 e. The van der Waals surface area contributed by atoms with Gasteiger partial charge in [-0.3, -0.25) is 4.79 Å². The first-order chi connectivity index (χ1) is 10.1. The number of aryl methyl sites for hydroxylation is 1. The Balaban J connectivity index is 2.06. The number of aromatic nitrogens is 1. The Hall–Kier alpha value is -2.08. The molecule has 0 bridgehead atoms. The lowest BCUT2D eigenvalue weighted by atomic mass is 10.1. The van der Waals surface area contributed by atoms with Gasteiger partial charge in [0.2, 0.25) is 0 Å². The van der Waals surface area contributed by atoms with Gasteiger partial charge in [-0.25, -0.2) is 4.98 Å². The summed E-state index contributed by atoms with van der Waals surface area (Å²) in [5.74, 6) is 0.602. The number of hydrogen-bond donors (Lipinski definition) is 1. The van der Waals surface area contributed by atoms with Gasteiger partial charge >= 0.3 is 5.97 Å². The van der Waals surface area contributed by atoms with Crippen molar-refractivity contribution >= 4 is 17.3 Å². The average molecular weight is 307 g/mol. The molecule has 0 aliphatic carbocycles. The molecule has 0 radical (unpaired) electrons. The van der Waals surface area contributed by atoms with E-state index in [1.165, 1.54) is 0 Å². The van der Waals surface area contributed by atoms with Crippen LogP contribution in [0.4, 0.5) is 0 Å². The third-order valence-corrected chi connectivity index (χ3v) is 4.05. The van der Waals surface area contributed by atoms with Gasteiger partial charge in [0.05, 0.1) is 25.6 Å². The molecule has 1 aromatic heterocycles. The summed E-state index contributed by atoms with van der Waals surface area (Å²) in [4.78, 5) is 15.9. The predicted octanol–water partition coefficient (Wildman–Crippen LogP) is 2.77. The zero-order chi connectivity index (χ0) is 15.2. The van der Waals surface area contributed by atoms with Gasteiger partial charge in [-0.2, -0.15) is 0 Å². The van der Waals surface area contributed by atoms with Crippen molar-refractivity contribution in [3.63, 3.8) is 0 Å². The van der Waals surface area contributed by atoms with Gasteiger partial charge in [0.1, 0.15) is 0 Å². The fourth-order valence-corrected chi connectivity index (χ4v) is 2.90. The molecule has 1 aromatic carbocycles. The molecule has 1 N–H and O–H groups in total. The maximum absolute atomic E-state index is 10.6. The minimum absolute atomic E-state index is 0.137. The number of hydrogen-bond acceptors (Lipinski definition) is 5. The van der Waals surface area contributed by atoms with E-state index in [4.69, 9.17) is 14.6 Å². The van der Waals surface area contributed by atoms with Crippen LogP contribution < -0.4 is 9.47 Å². The zero-order valence-electron chi connectivity index (χ0n) is 12.0. The molecule has 2 rings (SSSR count). The molecule has 0 aliphatic heterocycles. The molecule has 0 atom stereocenters. The van der Waals surface area contributed by atoms with Gasteiger partial charge < -0.3 is 14.6 Å². The third kappa shape index (κ3) is 4.19. The Morgan fingerprint density at radius 2 is 2.05 bits per heavy atom.